The predicted octanol–water partition coefficient (Wildman–Crippen LogP) is 3.09. The lowest BCUT2D eigenvalue weighted by molar-refractivity contribution is -0.138. The number of hydrogen-bond donors (Lipinski definition) is 2. The highest BCUT2D eigenvalue weighted by Crippen LogP contribution is 2.37. The van der Waals surface area contributed by atoms with E-state index in [1.165, 1.54) is 11.8 Å². The first-order chi connectivity index (χ1) is 12.6. The Morgan fingerprint density at radius 1 is 1.19 bits per heavy atom. The fraction of sp³-hybridized carbons (Fsp3) is 0.263. The van der Waals surface area contributed by atoms with Crippen LogP contribution in [0.15, 0.2) is 48.5 Å². The van der Waals surface area contributed by atoms with Gasteiger partial charge in [-0.15, -0.1) is 11.8 Å². The van der Waals surface area contributed by atoms with Crippen LogP contribution in [0.1, 0.15) is 28.2 Å². The van der Waals surface area contributed by atoms with Crippen LogP contribution in [-0.4, -0.2) is 35.4 Å². The second kappa shape index (κ2) is 8.25. The lowest BCUT2D eigenvalue weighted by Crippen LogP contribution is -2.33. The third-order valence-corrected chi connectivity index (χ3v) is 5.13. The Morgan fingerprint density at radius 3 is 2.62 bits per heavy atom. The van der Waals surface area contributed by atoms with Gasteiger partial charge < -0.3 is 14.6 Å². The molecule has 2 unspecified atom stereocenters. The maximum absolute atomic E-state index is 12.3. The van der Waals surface area contributed by atoms with Gasteiger partial charge in [-0.3, -0.25) is 10.1 Å². The molecule has 1 fully saturated rings. The van der Waals surface area contributed by atoms with Gasteiger partial charge in [-0.1, -0.05) is 24.3 Å². The highest BCUT2D eigenvalue weighted by atomic mass is 32.2. The molecule has 1 aliphatic heterocycles. The first-order valence-electron chi connectivity index (χ1n) is 8.23. The summed E-state index contributed by atoms with van der Waals surface area (Å²) >= 11 is 1.52. The minimum absolute atomic E-state index is 0.144. The number of benzene rings is 2. The number of hydrogen-bond acceptors (Lipinski definition) is 6. The average Bonchev–Trinajstić information content (AvgIpc) is 3.14. The van der Waals surface area contributed by atoms with E-state index in [9.17, 15) is 9.59 Å². The van der Waals surface area contributed by atoms with Crippen molar-refractivity contribution in [3.05, 3.63) is 59.7 Å². The molecule has 2 atom stereocenters. The second-order valence-corrected chi connectivity index (χ2v) is 6.80. The van der Waals surface area contributed by atoms with Crippen molar-refractivity contribution in [2.24, 2.45) is 0 Å². The number of carboxylic acids is 1. The molecule has 0 radical (unpaired) electrons. The van der Waals surface area contributed by atoms with Crippen LogP contribution in [0.4, 0.5) is 0 Å². The third-order valence-electron chi connectivity index (χ3n) is 3.86. The topological polar surface area (TPSA) is 84.9 Å². The molecule has 1 aliphatic rings. The van der Waals surface area contributed by atoms with Gasteiger partial charge >= 0.3 is 11.9 Å². The Bertz CT molecular complexity index is 796. The van der Waals surface area contributed by atoms with E-state index < -0.39 is 18.0 Å². The van der Waals surface area contributed by atoms with Crippen molar-refractivity contribution >= 4 is 23.7 Å². The zero-order chi connectivity index (χ0) is 18.5. The monoisotopic (exact) mass is 373 g/mol. The summed E-state index contributed by atoms with van der Waals surface area (Å²) in [5.41, 5.74) is 1.33. The van der Waals surface area contributed by atoms with E-state index in [1.54, 1.807) is 36.4 Å². The standard InChI is InChI=1S/C19H19NO5S/c1-2-24-16-10-13(17-20-14(11-26-17)18(21)22)8-9-15(16)25-19(23)12-6-4-3-5-7-12/h3-10,14,17,20H,2,11H2,1H3,(H,21,22). The summed E-state index contributed by atoms with van der Waals surface area (Å²) in [5, 5.41) is 12.0. The average molecular weight is 373 g/mol. The van der Waals surface area contributed by atoms with Crippen LogP contribution in [0.5, 0.6) is 11.5 Å². The summed E-state index contributed by atoms with van der Waals surface area (Å²) in [7, 11) is 0. The normalized spacial score (nSPS) is 19.1. The highest BCUT2D eigenvalue weighted by molar-refractivity contribution is 7.99. The molecule has 2 aromatic carbocycles. The van der Waals surface area contributed by atoms with Crippen molar-refractivity contribution in [1.29, 1.82) is 0 Å². The zero-order valence-corrected chi connectivity index (χ0v) is 15.0. The van der Waals surface area contributed by atoms with E-state index in [4.69, 9.17) is 14.6 Å². The number of rotatable bonds is 6. The number of esters is 1. The van der Waals surface area contributed by atoms with Crippen LogP contribution in [0.25, 0.3) is 0 Å². The minimum Gasteiger partial charge on any atom is -0.490 e. The molecule has 1 saturated heterocycles. The molecule has 136 valence electrons. The summed E-state index contributed by atoms with van der Waals surface area (Å²) in [5.74, 6) is -0.0379. The van der Waals surface area contributed by atoms with Crippen LogP contribution in [-0.2, 0) is 4.79 Å². The molecule has 0 aromatic heterocycles. The van der Waals surface area contributed by atoms with Gasteiger partial charge in [0.05, 0.1) is 17.5 Å². The molecular weight excluding hydrogens is 354 g/mol. The Kier molecular flexibility index (Phi) is 5.80. The van der Waals surface area contributed by atoms with Crippen molar-refractivity contribution in [3.8, 4) is 11.5 Å². The minimum atomic E-state index is -0.863. The molecule has 2 N–H and O–H groups in total. The number of carbonyl (C=O) groups excluding carboxylic acids is 1. The molecule has 7 heteroatoms. The van der Waals surface area contributed by atoms with E-state index in [0.29, 0.717) is 29.4 Å². The first-order valence-corrected chi connectivity index (χ1v) is 9.27. The van der Waals surface area contributed by atoms with Crippen molar-refractivity contribution in [3.63, 3.8) is 0 Å². The molecule has 2 aromatic rings. The van der Waals surface area contributed by atoms with Gasteiger partial charge in [-0.25, -0.2) is 4.79 Å². The molecule has 0 saturated carbocycles. The van der Waals surface area contributed by atoms with Gasteiger partial charge in [0.25, 0.3) is 0 Å². The van der Waals surface area contributed by atoms with Crippen molar-refractivity contribution in [1.82, 2.24) is 5.32 Å². The SMILES string of the molecule is CCOc1cc(C2NC(C(=O)O)CS2)ccc1OC(=O)c1ccccc1. The molecular formula is C19H19NO5S. The van der Waals surface area contributed by atoms with Gasteiger partial charge in [0.1, 0.15) is 6.04 Å². The maximum Gasteiger partial charge on any atom is 0.343 e. The lowest BCUT2D eigenvalue weighted by Gasteiger charge is -2.16. The van der Waals surface area contributed by atoms with Crippen molar-refractivity contribution in [2.45, 2.75) is 18.3 Å². The molecule has 0 spiro atoms. The van der Waals surface area contributed by atoms with Gasteiger partial charge in [-0.05, 0) is 36.8 Å². The van der Waals surface area contributed by atoms with Crippen molar-refractivity contribution in [2.75, 3.05) is 12.4 Å². The Labute approximate surface area is 155 Å². The fourth-order valence-electron chi connectivity index (χ4n) is 2.58. The van der Waals surface area contributed by atoms with E-state index in [2.05, 4.69) is 5.32 Å². The fourth-order valence-corrected chi connectivity index (χ4v) is 3.80. The number of carbonyl (C=O) groups is 2. The second-order valence-electron chi connectivity index (χ2n) is 5.67. The van der Waals surface area contributed by atoms with Gasteiger partial charge in [-0.2, -0.15) is 0 Å². The quantitative estimate of drug-likeness (QED) is 0.594. The van der Waals surface area contributed by atoms with Crippen LogP contribution < -0.4 is 14.8 Å². The largest absolute Gasteiger partial charge is 0.490 e. The number of ether oxygens (including phenoxy) is 2. The highest BCUT2D eigenvalue weighted by Gasteiger charge is 2.30. The van der Waals surface area contributed by atoms with E-state index in [0.717, 1.165) is 5.56 Å². The van der Waals surface area contributed by atoms with Gasteiger partial charge in [0, 0.05) is 5.75 Å². The lowest BCUT2D eigenvalue weighted by atomic mass is 10.2. The van der Waals surface area contributed by atoms with Crippen LogP contribution in [0.2, 0.25) is 0 Å². The number of carboxylic acid groups (broad SMARTS) is 1. The summed E-state index contributed by atoms with van der Waals surface area (Å²) in [6, 6.07) is 13.4. The maximum atomic E-state index is 12.3. The zero-order valence-electron chi connectivity index (χ0n) is 14.2. The summed E-state index contributed by atoms with van der Waals surface area (Å²) in [6.45, 7) is 2.26. The first kappa shape index (κ1) is 18.3. The molecule has 0 amide bonds. The molecule has 1 heterocycles. The van der Waals surface area contributed by atoms with Gasteiger partial charge in [0.15, 0.2) is 11.5 Å². The van der Waals surface area contributed by atoms with E-state index >= 15 is 0 Å². The number of nitrogens with one attached hydrogen (secondary N) is 1. The predicted molar refractivity (Wildman–Crippen MR) is 98.8 cm³/mol. The number of thioether (sulfide) groups is 1. The summed E-state index contributed by atoms with van der Waals surface area (Å²) in [6.07, 6.45) is 0. The Morgan fingerprint density at radius 2 is 1.96 bits per heavy atom. The van der Waals surface area contributed by atoms with Gasteiger partial charge in [0.2, 0.25) is 0 Å². The summed E-state index contributed by atoms with van der Waals surface area (Å²) < 4.78 is 11.1. The molecule has 0 bridgehead atoms. The van der Waals surface area contributed by atoms with Crippen molar-refractivity contribution < 1.29 is 24.2 Å². The molecule has 6 nitrogen and oxygen atoms in total. The molecule has 26 heavy (non-hydrogen) atoms. The Hall–Kier alpha value is -2.51. The van der Waals surface area contributed by atoms with Crippen LogP contribution in [0, 0.1) is 0 Å². The Balaban J connectivity index is 1.79. The van der Waals surface area contributed by atoms with E-state index in [-0.39, 0.29) is 5.37 Å². The van der Waals surface area contributed by atoms with E-state index in [1.807, 2.05) is 19.1 Å². The molecule has 3 rings (SSSR count). The molecule has 0 aliphatic carbocycles. The van der Waals surface area contributed by atoms with Crippen LogP contribution in [0.3, 0.4) is 0 Å². The number of aliphatic carboxylic acids is 1. The van der Waals surface area contributed by atoms with Crippen LogP contribution >= 0.6 is 11.8 Å². The summed E-state index contributed by atoms with van der Waals surface area (Å²) in [4.78, 5) is 23.4. The third kappa shape index (κ3) is 4.17. The smallest absolute Gasteiger partial charge is 0.343 e.